The van der Waals surface area contributed by atoms with Crippen LogP contribution in [-0.2, 0) is 4.79 Å². The van der Waals surface area contributed by atoms with Crippen molar-refractivity contribution in [2.24, 2.45) is 0 Å². The van der Waals surface area contributed by atoms with Gasteiger partial charge in [0.15, 0.2) is 0 Å². The molecule has 1 fully saturated rings. The highest BCUT2D eigenvalue weighted by Crippen LogP contribution is 2.32. The minimum Gasteiger partial charge on any atom is -0.456 e. The quantitative estimate of drug-likeness (QED) is 0.708. The molecule has 1 aliphatic rings. The number of carbonyl (C=O) groups is 2. The monoisotopic (exact) mass is 348 g/mol. The lowest BCUT2D eigenvalue weighted by atomic mass is 10.0. The van der Waals surface area contributed by atoms with Gasteiger partial charge in [0.25, 0.3) is 11.1 Å². The number of imide groups is 1. The first-order valence-corrected chi connectivity index (χ1v) is 8.31. The number of hydrogen-bond acceptors (Lipinski definition) is 5. The van der Waals surface area contributed by atoms with Gasteiger partial charge in [0.05, 0.1) is 4.91 Å². The van der Waals surface area contributed by atoms with Crippen molar-refractivity contribution in [3.63, 3.8) is 0 Å². The highest BCUT2D eigenvalue weighted by molar-refractivity contribution is 8.18. The van der Waals surface area contributed by atoms with Gasteiger partial charge in [0.2, 0.25) is 0 Å². The molecule has 6 heteroatoms. The standard InChI is InChI=1S/C19H12N2O3S/c1-2-11-3-5-12(6-4-11)15-10-20-9-13-7-14(24-17(13)15)8-16-18(22)21-19(23)25-16/h2-10H,1H2,(H,21,22,23)/b16-8+. The van der Waals surface area contributed by atoms with Crippen LogP contribution in [0, 0.1) is 0 Å². The van der Waals surface area contributed by atoms with E-state index in [0.717, 1.165) is 33.8 Å². The number of benzene rings is 1. The number of thioether (sulfide) groups is 1. The van der Waals surface area contributed by atoms with Crippen LogP contribution in [0.25, 0.3) is 34.2 Å². The van der Waals surface area contributed by atoms with Gasteiger partial charge >= 0.3 is 0 Å². The molecule has 0 saturated carbocycles. The Labute approximate surface area is 147 Å². The van der Waals surface area contributed by atoms with Crippen LogP contribution in [0.3, 0.4) is 0 Å². The van der Waals surface area contributed by atoms with Gasteiger partial charge in [0, 0.05) is 29.4 Å². The molecule has 1 aliphatic heterocycles. The third-order valence-corrected chi connectivity index (χ3v) is 4.63. The van der Waals surface area contributed by atoms with Gasteiger partial charge in [-0.1, -0.05) is 36.9 Å². The van der Waals surface area contributed by atoms with Crippen molar-refractivity contribution < 1.29 is 14.0 Å². The maximum Gasteiger partial charge on any atom is 0.290 e. The lowest BCUT2D eigenvalue weighted by molar-refractivity contribution is -0.115. The van der Waals surface area contributed by atoms with E-state index in [1.54, 1.807) is 30.6 Å². The topological polar surface area (TPSA) is 72.2 Å². The fourth-order valence-corrected chi connectivity index (χ4v) is 3.27. The molecule has 0 unspecified atom stereocenters. The van der Waals surface area contributed by atoms with Gasteiger partial charge in [-0.25, -0.2) is 0 Å². The minimum atomic E-state index is -0.409. The van der Waals surface area contributed by atoms with E-state index in [0.29, 0.717) is 16.2 Å². The molecule has 122 valence electrons. The van der Waals surface area contributed by atoms with Gasteiger partial charge in [0.1, 0.15) is 11.3 Å². The molecule has 0 spiro atoms. The summed E-state index contributed by atoms with van der Waals surface area (Å²) in [6, 6.07) is 9.70. The molecule has 0 radical (unpaired) electrons. The van der Waals surface area contributed by atoms with E-state index in [2.05, 4.69) is 16.9 Å². The Balaban J connectivity index is 1.78. The number of nitrogens with one attached hydrogen (secondary N) is 1. The predicted molar refractivity (Wildman–Crippen MR) is 98.6 cm³/mol. The highest BCUT2D eigenvalue weighted by Gasteiger charge is 2.25. The third kappa shape index (κ3) is 2.88. The summed E-state index contributed by atoms with van der Waals surface area (Å²) in [6.07, 6.45) is 6.79. The van der Waals surface area contributed by atoms with Crippen molar-refractivity contribution in [2.75, 3.05) is 0 Å². The fraction of sp³-hybridized carbons (Fsp3) is 0. The zero-order valence-electron chi connectivity index (χ0n) is 13.0. The number of amides is 2. The van der Waals surface area contributed by atoms with Crippen LogP contribution in [0.5, 0.6) is 0 Å². The van der Waals surface area contributed by atoms with Crippen LogP contribution < -0.4 is 5.32 Å². The molecule has 2 amide bonds. The second-order valence-electron chi connectivity index (χ2n) is 5.43. The Hall–Kier alpha value is -3.12. The largest absolute Gasteiger partial charge is 0.456 e. The van der Waals surface area contributed by atoms with Crippen LogP contribution in [0.2, 0.25) is 0 Å². The van der Waals surface area contributed by atoms with Gasteiger partial charge in [-0.05, 0) is 29.0 Å². The Morgan fingerprint density at radius 2 is 1.96 bits per heavy atom. The summed E-state index contributed by atoms with van der Waals surface area (Å²) in [7, 11) is 0. The average Bonchev–Trinajstić information content (AvgIpc) is 3.17. The number of furan rings is 1. The second kappa shape index (κ2) is 6.07. The first kappa shape index (κ1) is 15.4. The number of aromatic nitrogens is 1. The summed E-state index contributed by atoms with van der Waals surface area (Å²) in [4.78, 5) is 27.5. The molecule has 0 bridgehead atoms. The first-order chi connectivity index (χ1) is 12.1. The summed E-state index contributed by atoms with van der Waals surface area (Å²) in [5.41, 5.74) is 3.54. The van der Waals surface area contributed by atoms with Gasteiger partial charge in [-0.3, -0.25) is 19.9 Å². The van der Waals surface area contributed by atoms with E-state index < -0.39 is 5.91 Å². The van der Waals surface area contributed by atoms with Crippen LogP contribution in [0.15, 0.2) is 58.6 Å². The Bertz CT molecular complexity index is 1050. The molecular weight excluding hydrogens is 336 g/mol. The number of carbonyl (C=O) groups excluding carboxylic acids is 2. The molecule has 0 atom stereocenters. The van der Waals surface area contributed by atoms with Crippen LogP contribution in [-0.4, -0.2) is 16.1 Å². The zero-order chi connectivity index (χ0) is 17.4. The number of rotatable bonds is 3. The van der Waals surface area contributed by atoms with Gasteiger partial charge in [-0.15, -0.1) is 0 Å². The van der Waals surface area contributed by atoms with Gasteiger partial charge < -0.3 is 4.42 Å². The maximum atomic E-state index is 11.7. The third-order valence-electron chi connectivity index (χ3n) is 3.81. The van der Waals surface area contributed by atoms with Crippen molar-refractivity contribution >= 4 is 46.0 Å². The Kier molecular flexibility index (Phi) is 3.74. The molecule has 1 aromatic carbocycles. The maximum absolute atomic E-state index is 11.7. The summed E-state index contributed by atoms with van der Waals surface area (Å²) < 4.78 is 5.91. The second-order valence-corrected chi connectivity index (χ2v) is 6.45. The molecular formula is C19H12N2O3S. The molecule has 3 aromatic rings. The van der Waals surface area contributed by atoms with Crippen molar-refractivity contribution in [2.45, 2.75) is 0 Å². The smallest absolute Gasteiger partial charge is 0.290 e. The van der Waals surface area contributed by atoms with Crippen molar-refractivity contribution in [3.05, 3.63) is 65.5 Å². The van der Waals surface area contributed by atoms with E-state index in [1.165, 1.54) is 0 Å². The molecule has 0 aliphatic carbocycles. The Morgan fingerprint density at radius 1 is 1.16 bits per heavy atom. The van der Waals surface area contributed by atoms with E-state index in [1.807, 2.05) is 24.3 Å². The summed E-state index contributed by atoms with van der Waals surface area (Å²) in [6.45, 7) is 3.75. The summed E-state index contributed by atoms with van der Waals surface area (Å²) in [5.74, 6) is 0.0909. The molecule has 3 heterocycles. The molecule has 4 rings (SSSR count). The van der Waals surface area contributed by atoms with E-state index in [4.69, 9.17) is 4.42 Å². The first-order valence-electron chi connectivity index (χ1n) is 7.49. The lowest BCUT2D eigenvalue weighted by Crippen LogP contribution is -2.17. The van der Waals surface area contributed by atoms with Crippen LogP contribution in [0.1, 0.15) is 11.3 Å². The normalized spacial score (nSPS) is 15.8. The summed E-state index contributed by atoms with van der Waals surface area (Å²) in [5, 5.41) is 2.67. The van der Waals surface area contributed by atoms with Crippen LogP contribution >= 0.6 is 11.8 Å². The minimum absolute atomic E-state index is 0.314. The molecule has 1 saturated heterocycles. The number of hydrogen-bond donors (Lipinski definition) is 1. The highest BCUT2D eigenvalue weighted by atomic mass is 32.2. The van der Waals surface area contributed by atoms with Crippen molar-refractivity contribution in [1.29, 1.82) is 0 Å². The molecule has 1 N–H and O–H groups in total. The number of fused-ring (bicyclic) bond motifs is 1. The zero-order valence-corrected chi connectivity index (χ0v) is 13.8. The Morgan fingerprint density at radius 3 is 2.64 bits per heavy atom. The predicted octanol–water partition coefficient (Wildman–Crippen LogP) is 4.46. The van der Waals surface area contributed by atoms with Crippen molar-refractivity contribution in [1.82, 2.24) is 10.3 Å². The molecule has 5 nitrogen and oxygen atoms in total. The van der Waals surface area contributed by atoms with E-state index >= 15 is 0 Å². The van der Waals surface area contributed by atoms with Crippen LogP contribution in [0.4, 0.5) is 4.79 Å². The molecule has 2 aromatic heterocycles. The number of pyridine rings is 1. The number of nitrogens with zero attached hydrogens (tertiary/aromatic N) is 1. The fourth-order valence-electron chi connectivity index (χ4n) is 2.61. The molecule has 25 heavy (non-hydrogen) atoms. The van der Waals surface area contributed by atoms with Crippen molar-refractivity contribution in [3.8, 4) is 11.1 Å². The van der Waals surface area contributed by atoms with E-state index in [9.17, 15) is 9.59 Å². The summed E-state index contributed by atoms with van der Waals surface area (Å²) >= 11 is 0.860. The lowest BCUT2D eigenvalue weighted by Gasteiger charge is -2.02. The van der Waals surface area contributed by atoms with E-state index in [-0.39, 0.29) is 5.24 Å². The van der Waals surface area contributed by atoms with Gasteiger partial charge in [-0.2, -0.15) is 0 Å². The SMILES string of the molecule is C=Cc1ccc(-c2cncc3cc(/C=C4/SC(=O)NC4=O)oc23)cc1. The average molecular weight is 348 g/mol.